The molecule has 0 radical (unpaired) electrons. The average Bonchev–Trinajstić information content (AvgIpc) is 3.14. The largest absolute Gasteiger partial charge is 0.550 e. The van der Waals surface area contributed by atoms with Gasteiger partial charge in [0.15, 0.2) is 11.6 Å². The number of aliphatic hydroxyl groups is 2. The normalized spacial score (nSPS) is 10.3. The molecule has 0 spiro atoms. The lowest BCUT2D eigenvalue weighted by Crippen LogP contribution is -2.82. The fraction of sp³-hybridized carbons (Fsp3) is 0.282. The zero-order chi connectivity index (χ0) is 40.1. The summed E-state index contributed by atoms with van der Waals surface area (Å²) < 4.78 is 1.74. The molecule has 0 aliphatic carbocycles. The van der Waals surface area contributed by atoms with Crippen LogP contribution in [0.5, 0.6) is 0 Å². The van der Waals surface area contributed by atoms with Gasteiger partial charge in [0.2, 0.25) is 0 Å². The van der Waals surface area contributed by atoms with E-state index in [0.29, 0.717) is 39.8 Å². The number of hydrogen-bond donors (Lipinski definition) is 6. The van der Waals surface area contributed by atoms with Crippen LogP contribution in [0.25, 0.3) is 0 Å². The first-order chi connectivity index (χ1) is 25.1. The highest BCUT2D eigenvalue weighted by Crippen LogP contribution is 2.23. The number of nitrogens with two attached hydrogens (primary N) is 3. The smallest absolute Gasteiger partial charge is 0.195 e. The van der Waals surface area contributed by atoms with Crippen molar-refractivity contribution in [2.24, 2.45) is 0 Å². The van der Waals surface area contributed by atoms with Crippen molar-refractivity contribution >= 4 is 66.7 Å². The second-order valence-corrected chi connectivity index (χ2v) is 13.6. The molecule has 53 heavy (non-hydrogen) atoms. The molecular weight excluding hydrogens is 812 g/mol. The van der Waals surface area contributed by atoms with Crippen LogP contribution in [0.1, 0.15) is 70.2 Å². The highest BCUT2D eigenvalue weighted by atomic mass is 79.9. The first kappa shape index (κ1) is 46.6. The highest BCUT2D eigenvalue weighted by molar-refractivity contribution is 9.10. The Morgan fingerprint density at radius 1 is 0.660 bits per heavy atom. The molecule has 0 heterocycles. The lowest BCUT2D eigenvalue weighted by Gasteiger charge is -2.17. The maximum absolute atomic E-state index is 12.4. The van der Waals surface area contributed by atoms with Gasteiger partial charge >= 0.3 is 0 Å². The number of carboxylic acids is 2. The Balaban J connectivity index is 0.000000401. The Kier molecular flexibility index (Phi) is 21.1. The maximum Gasteiger partial charge on any atom is 0.195 e. The average molecular weight is 861 g/mol. The Morgan fingerprint density at radius 2 is 1.00 bits per heavy atom. The van der Waals surface area contributed by atoms with Crippen molar-refractivity contribution in [1.82, 2.24) is 0 Å². The summed E-state index contributed by atoms with van der Waals surface area (Å²) in [6, 6.07) is 23.3. The van der Waals surface area contributed by atoms with Gasteiger partial charge in [0.25, 0.3) is 0 Å². The van der Waals surface area contributed by atoms with Gasteiger partial charge in [-0.1, -0.05) is 63.0 Å². The Bertz CT molecular complexity index is 1650. The Labute approximate surface area is 326 Å². The van der Waals surface area contributed by atoms with E-state index in [1.54, 1.807) is 84.9 Å². The molecule has 0 unspecified atom stereocenters. The molecule has 14 heteroatoms. The van der Waals surface area contributed by atoms with Crippen molar-refractivity contribution in [2.45, 2.75) is 45.6 Å². The number of quaternary nitrogens is 2. The lowest BCUT2D eigenvalue weighted by molar-refractivity contribution is -0.648. The SMILES string of the molecule is CCC([NH3+])(CO)CO.CC[NH2+]CC.Nc1c(CC(=O)[O-])cccc1C(=O)c1ccc(Br)cc1.Nc1c(CC(=O)[O-])cccc1C(=O)c1ccc(Br)cc1. The van der Waals surface area contributed by atoms with E-state index in [4.69, 9.17) is 21.7 Å². The molecule has 0 aliphatic rings. The van der Waals surface area contributed by atoms with Gasteiger partial charge in [0.1, 0.15) is 18.8 Å². The third-order valence-corrected chi connectivity index (χ3v) is 8.82. The van der Waals surface area contributed by atoms with E-state index >= 15 is 0 Å². The van der Waals surface area contributed by atoms with Crippen molar-refractivity contribution in [3.63, 3.8) is 0 Å². The molecule has 0 fully saturated rings. The summed E-state index contributed by atoms with van der Waals surface area (Å²) >= 11 is 6.59. The minimum Gasteiger partial charge on any atom is -0.550 e. The number of carboxylic acid groups (broad SMARTS) is 2. The first-order valence-corrected chi connectivity index (χ1v) is 18.3. The molecule has 12 nitrogen and oxygen atoms in total. The summed E-state index contributed by atoms with van der Waals surface area (Å²) in [5.41, 5.74) is 17.6. The fourth-order valence-corrected chi connectivity index (χ4v) is 4.85. The van der Waals surface area contributed by atoms with E-state index < -0.39 is 17.5 Å². The number of aliphatic carboxylic acids is 2. The molecule has 286 valence electrons. The molecule has 0 amide bonds. The number of nitrogen functional groups attached to an aromatic ring is 2. The van der Waals surface area contributed by atoms with Crippen molar-refractivity contribution in [2.75, 3.05) is 37.8 Å². The van der Waals surface area contributed by atoms with Crippen molar-refractivity contribution in [3.05, 3.63) is 127 Å². The number of anilines is 2. The number of halogens is 2. The van der Waals surface area contributed by atoms with Crippen LogP contribution >= 0.6 is 31.9 Å². The van der Waals surface area contributed by atoms with E-state index in [1.165, 1.54) is 13.1 Å². The molecule has 4 aromatic carbocycles. The Morgan fingerprint density at radius 3 is 1.23 bits per heavy atom. The first-order valence-electron chi connectivity index (χ1n) is 16.7. The highest BCUT2D eigenvalue weighted by Gasteiger charge is 2.24. The summed E-state index contributed by atoms with van der Waals surface area (Å²) in [5.74, 6) is -2.94. The van der Waals surface area contributed by atoms with Gasteiger partial charge in [0, 0.05) is 73.8 Å². The number of carbonyl (C=O) groups is 4. The van der Waals surface area contributed by atoms with Gasteiger partial charge < -0.3 is 52.5 Å². The van der Waals surface area contributed by atoms with E-state index in [1.807, 2.05) is 6.92 Å². The van der Waals surface area contributed by atoms with Gasteiger partial charge in [-0.05, 0) is 85.6 Å². The predicted molar refractivity (Wildman–Crippen MR) is 207 cm³/mol. The number of para-hydroxylation sites is 2. The summed E-state index contributed by atoms with van der Waals surface area (Å²) in [7, 11) is 0. The zero-order valence-electron chi connectivity index (χ0n) is 30.1. The topological polar surface area (TPSA) is 251 Å². The number of hydrogen-bond acceptors (Lipinski definition) is 10. The van der Waals surface area contributed by atoms with Crippen LogP contribution in [0.2, 0.25) is 0 Å². The van der Waals surface area contributed by atoms with E-state index in [0.717, 1.165) is 8.95 Å². The molecule has 0 saturated heterocycles. The quantitative estimate of drug-likeness (QED) is 0.0824. The molecule has 0 bridgehead atoms. The molecule has 4 aromatic rings. The Hall–Kier alpha value is -4.44. The van der Waals surface area contributed by atoms with E-state index in [-0.39, 0.29) is 49.0 Å². The van der Waals surface area contributed by atoms with Crippen LogP contribution in [-0.2, 0) is 22.4 Å². The summed E-state index contributed by atoms with van der Waals surface area (Å²) in [6.45, 7) is 8.56. The second-order valence-electron chi connectivity index (χ2n) is 11.8. The zero-order valence-corrected chi connectivity index (χ0v) is 33.2. The number of ketones is 2. The van der Waals surface area contributed by atoms with E-state index in [2.05, 4.69) is 56.8 Å². The van der Waals surface area contributed by atoms with Gasteiger partial charge in [-0.25, -0.2) is 0 Å². The summed E-state index contributed by atoms with van der Waals surface area (Å²) in [6.07, 6.45) is 0.0839. The molecule has 0 aliphatic heterocycles. The monoisotopic (exact) mass is 858 g/mol. The van der Waals surface area contributed by atoms with Crippen molar-refractivity contribution in [1.29, 1.82) is 0 Å². The van der Waals surface area contributed by atoms with Crippen LogP contribution < -0.4 is 32.7 Å². The number of aliphatic hydroxyl groups excluding tert-OH is 2. The summed E-state index contributed by atoms with van der Waals surface area (Å²) in [4.78, 5) is 46.0. The van der Waals surface area contributed by atoms with Crippen LogP contribution in [0.15, 0.2) is 93.9 Å². The molecule has 0 aromatic heterocycles. The van der Waals surface area contributed by atoms with Gasteiger partial charge in [0.05, 0.1) is 13.1 Å². The second kappa shape index (κ2) is 24.0. The standard InChI is InChI=1S/2C15H12BrNO3.C5H13NO2.C4H11N/c2*16-11-6-4-9(5-7-11)15(20)12-3-1-2-10(14(12)17)8-13(18)19;1-2-5(6,3-7)4-8;1-3-5-4-2/h2*1-7H,8,17H2,(H,18,19);7-8H,2-4,6H2,1H3;5H,3-4H2,1-2H3. The number of rotatable bonds is 13. The van der Waals surface area contributed by atoms with Crippen LogP contribution in [0.3, 0.4) is 0 Å². The van der Waals surface area contributed by atoms with Crippen LogP contribution in [-0.4, -0.2) is 65.6 Å². The minimum absolute atomic E-state index is 0.0417. The molecule has 0 saturated carbocycles. The minimum atomic E-state index is -1.23. The molecule has 4 rings (SSSR count). The van der Waals surface area contributed by atoms with Crippen molar-refractivity contribution in [3.8, 4) is 0 Å². The molecular formula is C39H48Br2N4O8. The summed E-state index contributed by atoms with van der Waals surface area (Å²) in [5, 5.41) is 40.7. The van der Waals surface area contributed by atoms with Crippen LogP contribution in [0.4, 0.5) is 11.4 Å². The number of benzene rings is 4. The maximum atomic E-state index is 12.4. The van der Waals surface area contributed by atoms with E-state index in [9.17, 15) is 29.4 Å². The molecule has 0 atom stereocenters. The fourth-order valence-electron chi connectivity index (χ4n) is 4.32. The van der Waals surface area contributed by atoms with Gasteiger partial charge in [-0.3, -0.25) is 9.59 Å². The van der Waals surface area contributed by atoms with Crippen molar-refractivity contribution < 1.29 is 50.7 Å². The van der Waals surface area contributed by atoms with Gasteiger partial charge in [-0.15, -0.1) is 0 Å². The number of carbonyl (C=O) groups excluding carboxylic acids is 4. The third kappa shape index (κ3) is 16.0. The van der Waals surface area contributed by atoms with Gasteiger partial charge in [-0.2, -0.15) is 0 Å². The van der Waals surface area contributed by atoms with Crippen LogP contribution in [0, 0.1) is 0 Å². The third-order valence-electron chi connectivity index (χ3n) is 7.76. The molecule has 11 N–H and O–H groups in total. The predicted octanol–water partition coefficient (Wildman–Crippen LogP) is 1.06. The lowest BCUT2D eigenvalue weighted by atomic mass is 9.98.